The van der Waals surface area contributed by atoms with Crippen molar-refractivity contribution in [2.45, 2.75) is 25.4 Å². The van der Waals surface area contributed by atoms with Crippen molar-refractivity contribution in [3.05, 3.63) is 22.4 Å². The van der Waals surface area contributed by atoms with Crippen LogP contribution in [0.15, 0.2) is 17.5 Å². The Hall–Kier alpha value is -1.56. The third-order valence-electron chi connectivity index (χ3n) is 3.15. The monoisotopic (exact) mass is 268 g/mol. The molecule has 0 saturated carbocycles. The predicted octanol–water partition coefficient (Wildman–Crippen LogP) is 1.77. The van der Waals surface area contributed by atoms with E-state index in [2.05, 4.69) is 5.32 Å². The maximum Gasteiger partial charge on any atom is 0.331 e. The van der Waals surface area contributed by atoms with Gasteiger partial charge in [0.2, 0.25) is 0 Å². The predicted molar refractivity (Wildman–Crippen MR) is 68.4 cm³/mol. The summed E-state index contributed by atoms with van der Waals surface area (Å²) in [5.74, 6) is -0.413. The molecule has 2 rings (SSSR count). The number of hydrogen-bond donors (Lipinski definition) is 1. The van der Waals surface area contributed by atoms with E-state index in [1.165, 1.54) is 12.0 Å². The maximum atomic E-state index is 12.0. The number of methoxy groups -OCH3 is 1. The van der Waals surface area contributed by atoms with E-state index in [-0.39, 0.29) is 12.1 Å². The second kappa shape index (κ2) is 4.61. The van der Waals surface area contributed by atoms with Gasteiger partial charge in [0.25, 0.3) is 0 Å². The van der Waals surface area contributed by atoms with Gasteiger partial charge in [-0.15, -0.1) is 11.3 Å². The summed E-state index contributed by atoms with van der Waals surface area (Å²) >= 11 is 1.59. The Labute approximate surface area is 110 Å². The van der Waals surface area contributed by atoms with Gasteiger partial charge in [0, 0.05) is 11.4 Å². The SMILES string of the molecule is COC(=O)C(C)(C)N1CC(c2cccs2)NC1=O. The quantitative estimate of drug-likeness (QED) is 0.850. The number of urea groups is 1. The number of hydrogen-bond acceptors (Lipinski definition) is 4. The molecule has 1 fully saturated rings. The highest BCUT2D eigenvalue weighted by Gasteiger charge is 2.44. The lowest BCUT2D eigenvalue weighted by atomic mass is 10.0. The molecular weight excluding hydrogens is 252 g/mol. The van der Waals surface area contributed by atoms with Crippen LogP contribution in [-0.4, -0.2) is 36.1 Å². The first-order chi connectivity index (χ1) is 8.46. The second-order valence-corrected chi connectivity index (χ2v) is 5.66. The Morgan fingerprint density at radius 3 is 2.89 bits per heavy atom. The molecule has 1 aromatic rings. The van der Waals surface area contributed by atoms with Crippen LogP contribution in [0, 0.1) is 0 Å². The molecule has 5 nitrogen and oxygen atoms in total. The Morgan fingerprint density at radius 1 is 1.61 bits per heavy atom. The van der Waals surface area contributed by atoms with Crippen molar-refractivity contribution < 1.29 is 14.3 Å². The first-order valence-corrected chi connectivity index (χ1v) is 6.54. The molecule has 1 saturated heterocycles. The van der Waals surface area contributed by atoms with E-state index in [0.29, 0.717) is 6.54 Å². The minimum absolute atomic E-state index is 0.0542. The number of nitrogens with zero attached hydrogens (tertiary/aromatic N) is 1. The van der Waals surface area contributed by atoms with Gasteiger partial charge in [0.1, 0.15) is 5.54 Å². The summed E-state index contributed by atoms with van der Waals surface area (Å²) in [6, 6.07) is 3.63. The van der Waals surface area contributed by atoms with Gasteiger partial charge in [-0.25, -0.2) is 9.59 Å². The molecule has 0 aliphatic carbocycles. The third kappa shape index (κ3) is 2.08. The number of esters is 1. The van der Waals surface area contributed by atoms with Crippen LogP contribution in [0.4, 0.5) is 4.79 Å². The number of ether oxygens (including phenoxy) is 1. The molecule has 0 spiro atoms. The molecule has 1 aliphatic heterocycles. The second-order valence-electron chi connectivity index (χ2n) is 4.68. The average Bonchev–Trinajstić information content (AvgIpc) is 2.96. The van der Waals surface area contributed by atoms with Gasteiger partial charge in [-0.05, 0) is 25.3 Å². The zero-order valence-electron chi connectivity index (χ0n) is 10.6. The highest BCUT2D eigenvalue weighted by atomic mass is 32.1. The van der Waals surface area contributed by atoms with Crippen LogP contribution in [0.3, 0.4) is 0 Å². The summed E-state index contributed by atoms with van der Waals surface area (Å²) in [5.41, 5.74) is -0.954. The summed E-state index contributed by atoms with van der Waals surface area (Å²) in [5, 5.41) is 4.85. The third-order valence-corrected chi connectivity index (χ3v) is 4.14. The lowest BCUT2D eigenvalue weighted by Gasteiger charge is -2.31. The number of carbonyl (C=O) groups excluding carboxylic acids is 2. The van der Waals surface area contributed by atoms with Crippen LogP contribution in [0.25, 0.3) is 0 Å². The van der Waals surface area contributed by atoms with E-state index in [1.54, 1.807) is 25.2 Å². The van der Waals surface area contributed by atoms with Gasteiger partial charge in [-0.3, -0.25) is 0 Å². The van der Waals surface area contributed by atoms with Crippen LogP contribution >= 0.6 is 11.3 Å². The first-order valence-electron chi connectivity index (χ1n) is 5.66. The van der Waals surface area contributed by atoms with Crippen molar-refractivity contribution in [1.29, 1.82) is 0 Å². The molecule has 1 aromatic heterocycles. The molecule has 18 heavy (non-hydrogen) atoms. The van der Waals surface area contributed by atoms with Crippen molar-refractivity contribution >= 4 is 23.3 Å². The van der Waals surface area contributed by atoms with Gasteiger partial charge in [0.05, 0.1) is 13.2 Å². The minimum Gasteiger partial charge on any atom is -0.467 e. The summed E-state index contributed by atoms with van der Waals surface area (Å²) in [6.45, 7) is 3.85. The Balaban J connectivity index is 2.17. The Kier molecular flexibility index (Phi) is 3.30. The Morgan fingerprint density at radius 2 is 2.33 bits per heavy atom. The van der Waals surface area contributed by atoms with Gasteiger partial charge < -0.3 is 15.0 Å². The molecule has 2 heterocycles. The topological polar surface area (TPSA) is 58.6 Å². The molecule has 2 amide bonds. The van der Waals surface area contributed by atoms with Crippen LogP contribution < -0.4 is 5.32 Å². The fraction of sp³-hybridized carbons (Fsp3) is 0.500. The van der Waals surface area contributed by atoms with E-state index < -0.39 is 11.5 Å². The lowest BCUT2D eigenvalue weighted by Crippen LogP contribution is -2.52. The number of thiophene rings is 1. The molecule has 1 aliphatic rings. The van der Waals surface area contributed by atoms with E-state index >= 15 is 0 Å². The molecule has 0 aromatic carbocycles. The van der Waals surface area contributed by atoms with Crippen LogP contribution in [0.5, 0.6) is 0 Å². The molecule has 1 unspecified atom stereocenters. The van der Waals surface area contributed by atoms with Crippen LogP contribution in [0.2, 0.25) is 0 Å². The van der Waals surface area contributed by atoms with Crippen LogP contribution in [-0.2, 0) is 9.53 Å². The number of nitrogens with one attached hydrogen (secondary N) is 1. The van der Waals surface area contributed by atoms with Crippen molar-refractivity contribution in [3.63, 3.8) is 0 Å². The Bertz CT molecular complexity index is 456. The summed E-state index contributed by atoms with van der Waals surface area (Å²) in [7, 11) is 1.33. The molecule has 1 N–H and O–H groups in total. The fourth-order valence-corrected chi connectivity index (χ4v) is 2.80. The molecule has 1 atom stereocenters. The largest absolute Gasteiger partial charge is 0.467 e. The summed E-state index contributed by atoms with van der Waals surface area (Å²) < 4.78 is 4.74. The molecule has 0 bridgehead atoms. The van der Waals surface area contributed by atoms with Crippen molar-refractivity contribution in [2.24, 2.45) is 0 Å². The number of rotatable bonds is 3. The van der Waals surface area contributed by atoms with Crippen molar-refractivity contribution in [3.8, 4) is 0 Å². The zero-order valence-corrected chi connectivity index (χ0v) is 11.4. The van der Waals surface area contributed by atoms with E-state index in [1.807, 2.05) is 17.5 Å². The van der Waals surface area contributed by atoms with Gasteiger partial charge in [0.15, 0.2) is 0 Å². The fourth-order valence-electron chi connectivity index (χ4n) is 2.03. The van der Waals surface area contributed by atoms with Gasteiger partial charge in [-0.1, -0.05) is 6.07 Å². The first kappa shape index (κ1) is 12.9. The maximum absolute atomic E-state index is 12.0. The van der Waals surface area contributed by atoms with Crippen molar-refractivity contribution in [2.75, 3.05) is 13.7 Å². The van der Waals surface area contributed by atoms with E-state index in [4.69, 9.17) is 4.74 Å². The van der Waals surface area contributed by atoms with Crippen molar-refractivity contribution in [1.82, 2.24) is 10.2 Å². The normalized spacial score (nSPS) is 19.8. The van der Waals surface area contributed by atoms with E-state index in [0.717, 1.165) is 4.88 Å². The molecule has 0 radical (unpaired) electrons. The summed E-state index contributed by atoms with van der Waals surface area (Å²) in [4.78, 5) is 26.3. The van der Waals surface area contributed by atoms with E-state index in [9.17, 15) is 9.59 Å². The minimum atomic E-state index is -0.954. The number of carbonyl (C=O) groups is 2. The highest BCUT2D eigenvalue weighted by Crippen LogP contribution is 2.29. The summed E-state index contributed by atoms with van der Waals surface area (Å²) in [6.07, 6.45) is 0. The standard InChI is InChI=1S/C12H16N2O3S/c1-12(2,10(15)17-3)14-7-8(13-11(14)16)9-5-4-6-18-9/h4-6,8H,7H2,1-3H3,(H,13,16). The smallest absolute Gasteiger partial charge is 0.331 e. The molecule has 6 heteroatoms. The molecule has 98 valence electrons. The lowest BCUT2D eigenvalue weighted by molar-refractivity contribution is -0.151. The highest BCUT2D eigenvalue weighted by molar-refractivity contribution is 7.10. The number of amides is 2. The molecular formula is C12H16N2O3S. The van der Waals surface area contributed by atoms with Gasteiger partial charge in [-0.2, -0.15) is 0 Å². The van der Waals surface area contributed by atoms with Gasteiger partial charge >= 0.3 is 12.0 Å². The average molecular weight is 268 g/mol. The zero-order chi connectivity index (χ0) is 13.3. The van der Waals surface area contributed by atoms with Crippen LogP contribution in [0.1, 0.15) is 24.8 Å².